The molecular weight excluding hydrogens is 473 g/mol. The number of benzene rings is 1. The largest absolute Gasteiger partial charge is 0.496 e. The van der Waals surface area contributed by atoms with E-state index in [-0.39, 0.29) is 24.0 Å². The van der Waals surface area contributed by atoms with Crippen molar-refractivity contribution in [2.45, 2.75) is 19.8 Å². The Morgan fingerprint density at radius 1 is 1.21 bits per heavy atom. The zero-order valence-electron chi connectivity index (χ0n) is 17.6. The van der Waals surface area contributed by atoms with Crippen LogP contribution >= 0.6 is 24.0 Å². The highest BCUT2D eigenvalue weighted by atomic mass is 127. The fourth-order valence-corrected chi connectivity index (χ4v) is 3.27. The molecule has 1 N–H and O–H groups in total. The van der Waals surface area contributed by atoms with Gasteiger partial charge in [-0.2, -0.15) is 0 Å². The smallest absolute Gasteiger partial charge is 0.193 e. The molecule has 0 aromatic heterocycles. The lowest BCUT2D eigenvalue weighted by atomic mass is 10.1. The van der Waals surface area contributed by atoms with Crippen molar-refractivity contribution in [2.24, 2.45) is 10.9 Å². The summed E-state index contributed by atoms with van der Waals surface area (Å²) in [5.74, 6) is 3.70. The number of guanidine groups is 1. The molecule has 0 radical (unpaired) electrons. The highest BCUT2D eigenvalue weighted by Gasteiger charge is 2.19. The van der Waals surface area contributed by atoms with Gasteiger partial charge in [0.15, 0.2) is 5.96 Å². The third kappa shape index (κ3) is 6.88. The van der Waals surface area contributed by atoms with Gasteiger partial charge in [0.25, 0.3) is 0 Å². The molecule has 1 unspecified atom stereocenters. The van der Waals surface area contributed by atoms with Crippen LogP contribution in [0.2, 0.25) is 0 Å². The van der Waals surface area contributed by atoms with Crippen LogP contribution in [0, 0.1) is 5.92 Å². The van der Waals surface area contributed by atoms with E-state index in [0.717, 1.165) is 55.7 Å². The van der Waals surface area contributed by atoms with Gasteiger partial charge in [-0.05, 0) is 19.8 Å². The number of methoxy groups -OCH3 is 3. The molecule has 2 rings (SSSR count). The first-order valence-corrected chi connectivity index (χ1v) is 9.49. The van der Waals surface area contributed by atoms with E-state index in [9.17, 15) is 0 Å². The van der Waals surface area contributed by atoms with E-state index in [0.29, 0.717) is 24.6 Å². The molecule has 7 nitrogen and oxygen atoms in total. The number of hydrogen-bond donors (Lipinski definition) is 1. The summed E-state index contributed by atoms with van der Waals surface area (Å²) in [4.78, 5) is 6.98. The van der Waals surface area contributed by atoms with Gasteiger partial charge >= 0.3 is 0 Å². The summed E-state index contributed by atoms with van der Waals surface area (Å²) in [5, 5.41) is 3.37. The van der Waals surface area contributed by atoms with Gasteiger partial charge in [0.2, 0.25) is 0 Å². The fraction of sp³-hybridized carbons (Fsp3) is 0.650. The Hall–Kier alpha value is -1.42. The van der Waals surface area contributed by atoms with E-state index in [1.165, 1.54) is 0 Å². The Bertz CT molecular complexity index is 596. The molecule has 0 amide bonds. The second-order valence-electron chi connectivity index (χ2n) is 6.61. The van der Waals surface area contributed by atoms with Crippen LogP contribution in [0.4, 0.5) is 0 Å². The topological polar surface area (TPSA) is 64.6 Å². The number of ether oxygens (including phenoxy) is 4. The molecule has 1 heterocycles. The van der Waals surface area contributed by atoms with Crippen molar-refractivity contribution < 1.29 is 18.9 Å². The Kier molecular flexibility index (Phi) is 11.4. The van der Waals surface area contributed by atoms with Crippen molar-refractivity contribution in [2.75, 3.05) is 61.2 Å². The third-order valence-electron chi connectivity index (χ3n) is 4.69. The predicted octanol–water partition coefficient (Wildman–Crippen LogP) is 2.81. The molecule has 8 heteroatoms. The maximum atomic E-state index is 5.52. The second kappa shape index (κ2) is 12.9. The molecule has 1 aliphatic heterocycles. The first-order chi connectivity index (χ1) is 13.1. The lowest BCUT2D eigenvalue weighted by Gasteiger charge is -2.24. The van der Waals surface area contributed by atoms with E-state index in [2.05, 4.69) is 24.2 Å². The van der Waals surface area contributed by atoms with Crippen molar-refractivity contribution in [3.63, 3.8) is 0 Å². The number of nitrogens with one attached hydrogen (secondary N) is 1. The Morgan fingerprint density at radius 2 is 1.89 bits per heavy atom. The number of nitrogens with zero attached hydrogens (tertiary/aromatic N) is 2. The summed E-state index contributed by atoms with van der Waals surface area (Å²) in [6, 6.07) is 3.75. The van der Waals surface area contributed by atoms with Gasteiger partial charge in [0, 0.05) is 56.9 Å². The molecule has 1 atom stereocenters. The molecule has 1 fully saturated rings. The number of rotatable bonds is 9. The lowest BCUT2D eigenvalue weighted by Crippen LogP contribution is -2.41. The van der Waals surface area contributed by atoms with E-state index in [1.54, 1.807) is 21.3 Å². The highest BCUT2D eigenvalue weighted by Crippen LogP contribution is 2.34. The van der Waals surface area contributed by atoms with Crippen LogP contribution in [-0.2, 0) is 11.2 Å². The standard InChI is InChI=1S/C20H33N3O4.HI/c1-6-21-20(23(2)13-15-8-10-27-14-15)22-9-7-17-18(25-4)11-16(24-3)12-19(17)26-5;/h11-12,15H,6-10,13-14H2,1-5H3,(H,21,22);1H. The minimum Gasteiger partial charge on any atom is -0.496 e. The van der Waals surface area contributed by atoms with E-state index in [4.69, 9.17) is 23.9 Å². The maximum Gasteiger partial charge on any atom is 0.193 e. The summed E-state index contributed by atoms with van der Waals surface area (Å²) in [6.45, 7) is 6.19. The minimum absolute atomic E-state index is 0. The van der Waals surface area contributed by atoms with E-state index >= 15 is 0 Å². The average molecular weight is 507 g/mol. The Morgan fingerprint density at radius 3 is 2.39 bits per heavy atom. The zero-order chi connectivity index (χ0) is 19.6. The van der Waals surface area contributed by atoms with Crippen LogP contribution in [0.1, 0.15) is 18.9 Å². The SMILES string of the molecule is CCNC(=NCCc1c(OC)cc(OC)cc1OC)N(C)CC1CCOC1.I. The highest BCUT2D eigenvalue weighted by molar-refractivity contribution is 14.0. The van der Waals surface area contributed by atoms with Crippen LogP contribution in [0.5, 0.6) is 17.2 Å². The van der Waals surface area contributed by atoms with Crippen molar-refractivity contribution in [1.29, 1.82) is 0 Å². The van der Waals surface area contributed by atoms with Crippen LogP contribution in [-0.4, -0.2) is 72.1 Å². The Labute approximate surface area is 185 Å². The average Bonchev–Trinajstić information content (AvgIpc) is 3.19. The monoisotopic (exact) mass is 507 g/mol. The van der Waals surface area contributed by atoms with Crippen molar-refractivity contribution in [1.82, 2.24) is 10.2 Å². The molecule has 0 aliphatic carbocycles. The molecule has 1 aliphatic rings. The van der Waals surface area contributed by atoms with Crippen molar-refractivity contribution >= 4 is 29.9 Å². The van der Waals surface area contributed by atoms with Crippen LogP contribution in [0.25, 0.3) is 0 Å². The zero-order valence-corrected chi connectivity index (χ0v) is 19.9. The number of hydrogen-bond acceptors (Lipinski definition) is 5. The summed E-state index contributed by atoms with van der Waals surface area (Å²) < 4.78 is 21.8. The van der Waals surface area contributed by atoms with Gasteiger partial charge in [-0.3, -0.25) is 4.99 Å². The van der Waals surface area contributed by atoms with Gasteiger partial charge in [-0.25, -0.2) is 0 Å². The molecule has 0 bridgehead atoms. The molecule has 1 aromatic carbocycles. The second-order valence-corrected chi connectivity index (χ2v) is 6.61. The van der Waals surface area contributed by atoms with Gasteiger partial charge in [0.1, 0.15) is 17.2 Å². The van der Waals surface area contributed by atoms with Crippen molar-refractivity contribution in [3.05, 3.63) is 17.7 Å². The quantitative estimate of drug-likeness (QED) is 0.315. The summed E-state index contributed by atoms with van der Waals surface area (Å²) in [6.07, 6.45) is 1.83. The van der Waals surface area contributed by atoms with Crippen LogP contribution in [0.15, 0.2) is 17.1 Å². The van der Waals surface area contributed by atoms with E-state index in [1.807, 2.05) is 12.1 Å². The summed E-state index contributed by atoms with van der Waals surface area (Å²) in [7, 11) is 7.02. The van der Waals surface area contributed by atoms with Gasteiger partial charge in [-0.15, -0.1) is 24.0 Å². The maximum absolute atomic E-state index is 5.52. The first kappa shape index (κ1) is 24.6. The molecule has 28 heavy (non-hydrogen) atoms. The normalized spacial score (nSPS) is 16.3. The van der Waals surface area contributed by atoms with Gasteiger partial charge in [-0.1, -0.05) is 0 Å². The number of aliphatic imine (C=N–C) groups is 1. The molecule has 160 valence electrons. The summed E-state index contributed by atoms with van der Waals surface area (Å²) in [5.41, 5.74) is 0.993. The number of halogens is 1. The first-order valence-electron chi connectivity index (χ1n) is 9.49. The van der Waals surface area contributed by atoms with Gasteiger partial charge < -0.3 is 29.2 Å². The van der Waals surface area contributed by atoms with Gasteiger partial charge in [0.05, 0.1) is 27.9 Å². The third-order valence-corrected chi connectivity index (χ3v) is 4.69. The van der Waals surface area contributed by atoms with E-state index < -0.39 is 0 Å². The molecule has 0 spiro atoms. The lowest BCUT2D eigenvalue weighted by molar-refractivity contribution is 0.181. The molecule has 0 saturated carbocycles. The predicted molar refractivity (Wildman–Crippen MR) is 123 cm³/mol. The summed E-state index contributed by atoms with van der Waals surface area (Å²) >= 11 is 0. The molecule has 1 aromatic rings. The van der Waals surface area contributed by atoms with Crippen LogP contribution < -0.4 is 19.5 Å². The Balaban J connectivity index is 0.00000392. The van der Waals surface area contributed by atoms with Crippen molar-refractivity contribution in [3.8, 4) is 17.2 Å². The molecular formula is C20H34IN3O4. The molecule has 1 saturated heterocycles. The minimum atomic E-state index is 0. The van der Waals surface area contributed by atoms with Crippen LogP contribution in [0.3, 0.4) is 0 Å². The fourth-order valence-electron chi connectivity index (χ4n) is 3.27.